The zero-order valence-electron chi connectivity index (χ0n) is 21.9. The average Bonchev–Trinajstić information content (AvgIpc) is 3.58. The number of nitrogens with zero attached hydrogens (tertiary/aromatic N) is 4. The number of aromatic amines is 2. The van der Waals surface area contributed by atoms with Gasteiger partial charge in [-0.2, -0.15) is 10.4 Å². The largest absolute Gasteiger partial charge is 0.466 e. The summed E-state index contributed by atoms with van der Waals surface area (Å²) in [4.78, 5) is 20.9. The quantitative estimate of drug-likeness (QED) is 0.361. The molecule has 2 N–H and O–H groups in total. The van der Waals surface area contributed by atoms with Crippen LogP contribution in [0.1, 0.15) is 43.7 Å². The van der Waals surface area contributed by atoms with Gasteiger partial charge in [-0.3, -0.25) is 19.7 Å². The van der Waals surface area contributed by atoms with Gasteiger partial charge in [-0.25, -0.2) is 0 Å². The molecular weight excluding hydrogens is 476 g/mol. The lowest BCUT2D eigenvalue weighted by Crippen LogP contribution is -2.49. The number of aromatic nitrogens is 3. The number of nitrogens with one attached hydrogen (secondary N) is 2. The summed E-state index contributed by atoms with van der Waals surface area (Å²) in [7, 11) is 0. The number of fused-ring (bicyclic) bond motifs is 2. The number of benzene rings is 2. The fourth-order valence-corrected chi connectivity index (χ4v) is 6.25. The smallest absolute Gasteiger partial charge is 0.310 e. The SMILES string of the molecule is CCOC(=O)C1CCCN(C2CCN(Cc3cccc4[nH]c(-c5n[nH]c6cc(C#N)ccc56)cc34)CC2)C1. The van der Waals surface area contributed by atoms with Crippen molar-refractivity contribution in [1.29, 1.82) is 5.26 Å². The van der Waals surface area contributed by atoms with Crippen LogP contribution in [0.3, 0.4) is 0 Å². The van der Waals surface area contributed by atoms with E-state index in [1.807, 2.05) is 25.1 Å². The summed E-state index contributed by atoms with van der Waals surface area (Å²) in [5.41, 5.74) is 5.75. The van der Waals surface area contributed by atoms with Gasteiger partial charge in [0, 0.05) is 35.4 Å². The van der Waals surface area contributed by atoms with Crippen molar-refractivity contribution in [2.75, 3.05) is 32.8 Å². The summed E-state index contributed by atoms with van der Waals surface area (Å²) in [6.45, 7) is 7.31. The Bertz CT molecular complexity index is 1490. The number of piperidine rings is 2. The Morgan fingerprint density at radius 1 is 1.11 bits per heavy atom. The average molecular weight is 511 g/mol. The first-order valence-electron chi connectivity index (χ1n) is 13.7. The number of rotatable bonds is 6. The highest BCUT2D eigenvalue weighted by molar-refractivity contribution is 5.96. The van der Waals surface area contributed by atoms with Gasteiger partial charge in [0.25, 0.3) is 0 Å². The second-order valence-corrected chi connectivity index (χ2v) is 10.6. The monoisotopic (exact) mass is 510 g/mol. The van der Waals surface area contributed by atoms with Crippen LogP contribution < -0.4 is 0 Å². The molecule has 6 rings (SSSR count). The fraction of sp³-hybridized carbons (Fsp3) is 0.433. The van der Waals surface area contributed by atoms with Gasteiger partial charge in [0.2, 0.25) is 0 Å². The first-order valence-corrected chi connectivity index (χ1v) is 13.7. The number of likely N-dealkylation sites (tertiary alicyclic amines) is 2. The molecule has 1 atom stereocenters. The predicted octanol–water partition coefficient (Wildman–Crippen LogP) is 4.82. The molecule has 0 amide bonds. The van der Waals surface area contributed by atoms with Gasteiger partial charge < -0.3 is 9.72 Å². The Morgan fingerprint density at radius 3 is 2.79 bits per heavy atom. The Morgan fingerprint density at radius 2 is 1.97 bits per heavy atom. The van der Waals surface area contributed by atoms with Crippen LogP contribution in [-0.4, -0.2) is 69.8 Å². The van der Waals surface area contributed by atoms with Crippen LogP contribution in [0.25, 0.3) is 33.2 Å². The number of hydrogen-bond donors (Lipinski definition) is 2. The van der Waals surface area contributed by atoms with E-state index in [1.165, 1.54) is 10.9 Å². The molecule has 2 aromatic heterocycles. The summed E-state index contributed by atoms with van der Waals surface area (Å²) < 4.78 is 5.30. The minimum Gasteiger partial charge on any atom is -0.466 e. The van der Waals surface area contributed by atoms with E-state index >= 15 is 0 Å². The minimum absolute atomic E-state index is 0.0247. The molecule has 196 valence electrons. The molecule has 0 saturated carbocycles. The van der Waals surface area contributed by atoms with Crippen LogP contribution in [0.4, 0.5) is 0 Å². The lowest BCUT2D eigenvalue weighted by atomic mass is 9.93. The van der Waals surface area contributed by atoms with E-state index in [1.54, 1.807) is 0 Å². The van der Waals surface area contributed by atoms with E-state index in [0.29, 0.717) is 18.2 Å². The van der Waals surface area contributed by atoms with Gasteiger partial charge in [0.15, 0.2) is 0 Å². The van der Waals surface area contributed by atoms with Gasteiger partial charge >= 0.3 is 5.97 Å². The number of H-pyrrole nitrogens is 2. The van der Waals surface area contributed by atoms with Gasteiger partial charge in [0.05, 0.1) is 35.4 Å². The Kier molecular flexibility index (Phi) is 6.88. The molecular formula is C30H34N6O2. The molecule has 2 aliphatic rings. The van der Waals surface area contributed by atoms with E-state index in [2.05, 4.69) is 55.3 Å². The molecule has 0 bridgehead atoms. The molecule has 38 heavy (non-hydrogen) atoms. The number of carbonyl (C=O) groups is 1. The maximum absolute atomic E-state index is 12.3. The number of esters is 1. The Hall–Kier alpha value is -3.67. The summed E-state index contributed by atoms with van der Waals surface area (Å²) in [5.74, 6) is 0.00510. The second-order valence-electron chi connectivity index (χ2n) is 10.6. The normalized spacial score (nSPS) is 19.6. The third kappa shape index (κ3) is 4.80. The zero-order chi connectivity index (χ0) is 26.1. The van der Waals surface area contributed by atoms with Gasteiger partial charge in [-0.1, -0.05) is 12.1 Å². The Labute approximate surface area is 222 Å². The van der Waals surface area contributed by atoms with Crippen molar-refractivity contribution < 1.29 is 9.53 Å². The van der Waals surface area contributed by atoms with Crippen molar-refractivity contribution in [3.05, 3.63) is 53.6 Å². The molecule has 0 radical (unpaired) electrons. The van der Waals surface area contributed by atoms with E-state index in [-0.39, 0.29) is 11.9 Å². The standard InChI is InChI=1S/C30H34N6O2/c1-2-38-30(37)22-6-4-12-36(19-22)23-10-13-35(14-11-23)18-21-5-3-7-26-25(21)16-28(32-26)29-24-9-8-20(17-31)15-27(24)33-34-29/h3,5,7-9,15-16,22-23,32H,2,4,6,10-14,18-19H2,1H3,(H,33,34). The number of hydrogen-bond acceptors (Lipinski definition) is 6. The van der Waals surface area contributed by atoms with E-state index in [0.717, 1.165) is 86.2 Å². The van der Waals surface area contributed by atoms with E-state index < -0.39 is 0 Å². The first kappa shape index (κ1) is 24.7. The molecule has 8 nitrogen and oxygen atoms in total. The summed E-state index contributed by atoms with van der Waals surface area (Å²) in [6, 6.07) is 17.0. The predicted molar refractivity (Wildman–Crippen MR) is 147 cm³/mol. The van der Waals surface area contributed by atoms with Gasteiger partial charge in [-0.15, -0.1) is 0 Å². The molecule has 0 aliphatic carbocycles. The number of carbonyl (C=O) groups excluding carboxylic acids is 1. The third-order valence-electron chi connectivity index (χ3n) is 8.24. The highest BCUT2D eigenvalue weighted by atomic mass is 16.5. The van der Waals surface area contributed by atoms with Crippen molar-refractivity contribution in [2.45, 2.75) is 45.2 Å². The first-order chi connectivity index (χ1) is 18.6. The van der Waals surface area contributed by atoms with Crippen molar-refractivity contribution in [3.8, 4) is 17.5 Å². The molecule has 4 aromatic rings. The highest BCUT2D eigenvalue weighted by Crippen LogP contribution is 2.32. The fourth-order valence-electron chi connectivity index (χ4n) is 6.25. The topological polar surface area (TPSA) is 101 Å². The maximum Gasteiger partial charge on any atom is 0.310 e. The van der Waals surface area contributed by atoms with Crippen LogP contribution in [0, 0.1) is 17.2 Å². The summed E-state index contributed by atoms with van der Waals surface area (Å²) in [6.07, 6.45) is 4.29. The summed E-state index contributed by atoms with van der Waals surface area (Å²) >= 11 is 0. The zero-order valence-corrected chi connectivity index (χ0v) is 21.9. The van der Waals surface area contributed by atoms with E-state index in [9.17, 15) is 10.1 Å². The van der Waals surface area contributed by atoms with Crippen LogP contribution in [0.15, 0.2) is 42.5 Å². The van der Waals surface area contributed by atoms with Gasteiger partial charge in [0.1, 0.15) is 5.69 Å². The molecule has 2 fully saturated rings. The van der Waals surface area contributed by atoms with Crippen molar-refractivity contribution in [3.63, 3.8) is 0 Å². The maximum atomic E-state index is 12.3. The molecule has 0 spiro atoms. The van der Waals surface area contributed by atoms with Crippen molar-refractivity contribution >= 4 is 27.8 Å². The van der Waals surface area contributed by atoms with Crippen molar-refractivity contribution in [1.82, 2.24) is 25.0 Å². The second kappa shape index (κ2) is 10.6. The van der Waals surface area contributed by atoms with Crippen LogP contribution >= 0.6 is 0 Å². The Balaban J connectivity index is 1.13. The highest BCUT2D eigenvalue weighted by Gasteiger charge is 2.32. The van der Waals surface area contributed by atoms with Crippen LogP contribution in [0.5, 0.6) is 0 Å². The van der Waals surface area contributed by atoms with Crippen LogP contribution in [0.2, 0.25) is 0 Å². The van der Waals surface area contributed by atoms with Crippen LogP contribution in [-0.2, 0) is 16.1 Å². The van der Waals surface area contributed by atoms with Crippen molar-refractivity contribution in [2.24, 2.45) is 5.92 Å². The van der Waals surface area contributed by atoms with Gasteiger partial charge in [-0.05, 0) is 88.1 Å². The molecule has 2 saturated heterocycles. The van der Waals surface area contributed by atoms with E-state index in [4.69, 9.17) is 4.74 Å². The number of nitriles is 1. The molecule has 4 heterocycles. The molecule has 8 heteroatoms. The minimum atomic E-state index is -0.0247. The third-order valence-corrected chi connectivity index (χ3v) is 8.24. The summed E-state index contributed by atoms with van der Waals surface area (Å²) in [5, 5.41) is 19.0. The molecule has 2 aromatic carbocycles. The molecule has 2 aliphatic heterocycles. The lowest BCUT2D eigenvalue weighted by Gasteiger charge is -2.41. The lowest BCUT2D eigenvalue weighted by molar-refractivity contribution is -0.150. The number of ether oxygens (including phenoxy) is 1. The molecule has 1 unspecified atom stereocenters.